The number of hydrogen-bond acceptors (Lipinski definition) is 10. The highest BCUT2D eigenvalue weighted by molar-refractivity contribution is 7.89. The summed E-state index contributed by atoms with van der Waals surface area (Å²) in [6, 6.07) is 4.88. The maximum atomic E-state index is 13.5. The first-order valence-corrected chi connectivity index (χ1v) is 18.9. The molecule has 8 N–H and O–H groups in total. The molecule has 5 amide bonds. The topological polar surface area (TPSA) is 246 Å². The quantitative estimate of drug-likeness (QED) is 0.0818. The summed E-state index contributed by atoms with van der Waals surface area (Å²) in [4.78, 5) is 77.9. The summed E-state index contributed by atoms with van der Waals surface area (Å²) in [6.45, 7) is 6.46. The van der Waals surface area contributed by atoms with Crippen molar-refractivity contribution in [3.63, 3.8) is 0 Å². The number of nitrogens with two attached hydrogens (primary N) is 1. The highest BCUT2D eigenvalue weighted by Crippen LogP contribution is 2.30. The Kier molecular flexibility index (Phi) is 16.8. The summed E-state index contributed by atoms with van der Waals surface area (Å²) in [5.74, 6) is -5.75. The van der Waals surface area contributed by atoms with E-state index < -0.39 is 76.2 Å². The van der Waals surface area contributed by atoms with Gasteiger partial charge in [-0.3, -0.25) is 24.0 Å². The fourth-order valence-electron chi connectivity index (χ4n) is 5.33. The Hall–Kier alpha value is -4.42. The van der Waals surface area contributed by atoms with Gasteiger partial charge in [-0.05, 0) is 43.2 Å². The summed E-state index contributed by atoms with van der Waals surface area (Å²) in [7, 11) is -0.534. The molecule has 0 unspecified atom stereocenters. The van der Waals surface area contributed by atoms with E-state index in [-0.39, 0.29) is 48.2 Å². The Labute approximate surface area is 309 Å². The van der Waals surface area contributed by atoms with Crippen LogP contribution in [0.5, 0.6) is 0 Å². The Balaban J connectivity index is 2.18. The van der Waals surface area contributed by atoms with Gasteiger partial charge < -0.3 is 37.0 Å². The first kappa shape index (κ1) is 43.7. The number of rotatable bonds is 21. The normalized spacial score (nSPS) is 13.9. The van der Waals surface area contributed by atoms with Crippen LogP contribution in [0.15, 0.2) is 41.3 Å². The number of primary amides is 1. The molecular formula is C34H51N7O9S2. The highest BCUT2D eigenvalue weighted by Gasteiger charge is 2.32. The van der Waals surface area contributed by atoms with Gasteiger partial charge in [0.05, 0.1) is 11.4 Å². The van der Waals surface area contributed by atoms with E-state index >= 15 is 0 Å². The lowest BCUT2D eigenvalue weighted by atomic mass is 10.00. The van der Waals surface area contributed by atoms with Crippen molar-refractivity contribution in [1.29, 1.82) is 0 Å². The van der Waals surface area contributed by atoms with E-state index in [4.69, 9.17) is 5.73 Å². The molecule has 0 aliphatic carbocycles. The monoisotopic (exact) mass is 765 g/mol. The van der Waals surface area contributed by atoms with Crippen LogP contribution in [0, 0.1) is 11.8 Å². The zero-order valence-electron chi connectivity index (χ0n) is 30.3. The molecule has 288 valence electrons. The summed E-state index contributed by atoms with van der Waals surface area (Å²) in [6.07, 6.45) is -0.303. The molecule has 0 bridgehead atoms. The number of nitrogens with one attached hydrogen (secondary N) is 5. The molecule has 2 aromatic rings. The van der Waals surface area contributed by atoms with Crippen LogP contribution in [0.3, 0.4) is 0 Å². The summed E-state index contributed by atoms with van der Waals surface area (Å²) >= 11 is 4.14. The lowest BCUT2D eigenvalue weighted by Gasteiger charge is -2.26. The van der Waals surface area contributed by atoms with Crippen molar-refractivity contribution in [3.8, 4) is 0 Å². The number of anilines is 1. The highest BCUT2D eigenvalue weighted by atomic mass is 32.2. The van der Waals surface area contributed by atoms with E-state index in [1.165, 1.54) is 6.07 Å². The lowest BCUT2D eigenvalue weighted by Crippen LogP contribution is -2.58. The zero-order chi connectivity index (χ0) is 39.3. The first-order chi connectivity index (χ1) is 24.3. The lowest BCUT2D eigenvalue weighted by molar-refractivity contribution is -0.143. The Bertz CT molecular complexity index is 1720. The van der Waals surface area contributed by atoms with E-state index in [9.17, 15) is 42.3 Å². The van der Waals surface area contributed by atoms with Crippen molar-refractivity contribution in [3.05, 3.63) is 36.4 Å². The Morgan fingerprint density at radius 2 is 1.29 bits per heavy atom. The van der Waals surface area contributed by atoms with Crippen LogP contribution in [-0.4, -0.2) is 99.6 Å². The third-order valence-electron chi connectivity index (χ3n) is 7.86. The second-order valence-corrected chi connectivity index (χ2v) is 15.5. The number of nitrogens with zero attached hydrogens (tertiary/aromatic N) is 1. The molecule has 52 heavy (non-hydrogen) atoms. The molecule has 0 spiro atoms. The minimum absolute atomic E-state index is 0.0452. The first-order valence-electron chi connectivity index (χ1n) is 16.8. The van der Waals surface area contributed by atoms with Gasteiger partial charge in [0.1, 0.15) is 24.2 Å². The largest absolute Gasteiger partial charge is 0.480 e. The second kappa shape index (κ2) is 20.0. The maximum Gasteiger partial charge on any atom is 0.326 e. The van der Waals surface area contributed by atoms with E-state index in [2.05, 4.69) is 38.6 Å². The fourth-order valence-corrected chi connectivity index (χ4v) is 6.79. The number of hydrogen-bond donors (Lipinski definition) is 8. The second-order valence-electron chi connectivity index (χ2n) is 13.4. The third-order valence-corrected chi connectivity index (χ3v) is 9.69. The predicted molar refractivity (Wildman–Crippen MR) is 200 cm³/mol. The predicted octanol–water partition coefficient (Wildman–Crippen LogP) is 0.495. The Morgan fingerprint density at radius 1 is 0.769 bits per heavy atom. The number of thiol groups is 1. The van der Waals surface area contributed by atoms with Gasteiger partial charge in [-0.1, -0.05) is 52.0 Å². The molecule has 2 aromatic carbocycles. The van der Waals surface area contributed by atoms with Gasteiger partial charge in [-0.25, -0.2) is 17.9 Å². The molecule has 18 heteroatoms. The van der Waals surface area contributed by atoms with Crippen molar-refractivity contribution in [2.75, 3.05) is 31.3 Å². The van der Waals surface area contributed by atoms with E-state index in [1.54, 1.807) is 52.0 Å². The average Bonchev–Trinajstić information content (AvgIpc) is 3.05. The van der Waals surface area contributed by atoms with Crippen LogP contribution in [0.25, 0.3) is 10.8 Å². The van der Waals surface area contributed by atoms with Crippen LogP contribution in [0.2, 0.25) is 0 Å². The van der Waals surface area contributed by atoms with E-state index in [1.807, 2.05) is 25.1 Å². The molecule has 2 rings (SSSR count). The minimum Gasteiger partial charge on any atom is -0.480 e. The van der Waals surface area contributed by atoms with Crippen LogP contribution in [-0.2, 0) is 38.8 Å². The van der Waals surface area contributed by atoms with Crippen molar-refractivity contribution in [2.24, 2.45) is 17.6 Å². The number of amides is 5. The average molecular weight is 766 g/mol. The minimum atomic E-state index is -4.19. The van der Waals surface area contributed by atoms with E-state index in [0.717, 1.165) is 5.69 Å². The van der Waals surface area contributed by atoms with Gasteiger partial charge >= 0.3 is 5.97 Å². The van der Waals surface area contributed by atoms with Crippen molar-refractivity contribution < 1.29 is 42.3 Å². The molecule has 0 heterocycles. The van der Waals surface area contributed by atoms with Crippen LogP contribution in [0.1, 0.15) is 53.4 Å². The van der Waals surface area contributed by atoms with Gasteiger partial charge in [0.15, 0.2) is 0 Å². The molecular weight excluding hydrogens is 715 g/mol. The number of fused-ring (bicyclic) bond motifs is 1. The number of carbonyl (C=O) groups excluding carboxylic acids is 5. The number of carboxylic acids is 1. The summed E-state index contributed by atoms with van der Waals surface area (Å²) < 4.78 is 28.8. The van der Waals surface area contributed by atoms with Gasteiger partial charge in [0.2, 0.25) is 39.6 Å². The Morgan fingerprint density at radius 3 is 1.85 bits per heavy atom. The molecule has 0 fully saturated rings. The van der Waals surface area contributed by atoms with Gasteiger partial charge in [-0.15, -0.1) is 0 Å². The SMILES string of the molecule is CC(C)C[C@H](NC(=O)[C@H](CC(C)C)NC(=O)[C@H](CCC(N)=O)NC(=O)[C@H](CS)NC(=O)CNS(=O)(=O)c1cccc2c(N(C)C)cccc12)C(=O)O. The molecule has 0 aliphatic heterocycles. The number of benzene rings is 2. The third kappa shape index (κ3) is 13.3. The number of carboxylic acid groups (broad SMARTS) is 1. The zero-order valence-corrected chi connectivity index (χ0v) is 32.0. The summed E-state index contributed by atoms with van der Waals surface area (Å²) in [5, 5.41) is 20.6. The fraction of sp³-hybridized carbons (Fsp3) is 0.529. The van der Waals surface area contributed by atoms with Crippen molar-refractivity contribution in [1.82, 2.24) is 26.0 Å². The molecule has 0 radical (unpaired) electrons. The number of aliphatic carboxylic acids is 1. The van der Waals surface area contributed by atoms with E-state index in [0.29, 0.717) is 10.8 Å². The molecule has 0 aliphatic rings. The van der Waals surface area contributed by atoms with Crippen LogP contribution < -0.4 is 36.6 Å². The molecule has 0 saturated heterocycles. The van der Waals surface area contributed by atoms with Crippen LogP contribution >= 0.6 is 12.6 Å². The molecule has 0 aromatic heterocycles. The number of sulfonamides is 1. The van der Waals surface area contributed by atoms with Crippen LogP contribution in [0.4, 0.5) is 5.69 Å². The van der Waals surface area contributed by atoms with Gasteiger partial charge in [0.25, 0.3) is 0 Å². The van der Waals surface area contributed by atoms with Crippen molar-refractivity contribution >= 4 is 74.6 Å². The van der Waals surface area contributed by atoms with Gasteiger partial charge in [0, 0.05) is 42.7 Å². The molecule has 4 atom stereocenters. The maximum absolute atomic E-state index is 13.5. The number of carbonyl (C=O) groups is 6. The standard InChI is InChI=1S/C34H51N7O9S2/c1-19(2)15-24(32(45)40-25(34(47)48)16-20(3)4)39-31(44)23(13-14-29(35)42)38-33(46)26(18-51)37-30(43)17-36-52(49,50)28-12-8-9-21-22(28)10-7-11-27(21)41(5)6/h7-12,19-20,23-26,36,51H,13-18H2,1-6H3,(H2,35,42)(H,37,43)(H,38,46)(H,39,44)(H,40,45)(H,47,48)/t23-,24-,25-,26-/m0/s1. The van der Waals surface area contributed by atoms with Gasteiger partial charge in [-0.2, -0.15) is 12.6 Å². The molecule has 16 nitrogen and oxygen atoms in total. The van der Waals surface area contributed by atoms with Crippen molar-refractivity contribution in [2.45, 2.75) is 82.4 Å². The summed E-state index contributed by atoms with van der Waals surface area (Å²) in [5.41, 5.74) is 6.09. The molecule has 0 saturated carbocycles. The smallest absolute Gasteiger partial charge is 0.326 e.